The molecule has 0 aliphatic rings. The average molecular weight is 322 g/mol. The van der Waals surface area contributed by atoms with E-state index in [0.717, 1.165) is 17.0 Å². The van der Waals surface area contributed by atoms with Gasteiger partial charge >= 0.3 is 11.8 Å². The predicted molar refractivity (Wildman–Crippen MR) is 81.1 cm³/mol. The molecule has 0 atom stereocenters. The molecular formula is C16H16F2N2O3. The first-order valence-corrected chi connectivity index (χ1v) is 6.71. The average Bonchev–Trinajstić information content (AvgIpc) is 2.60. The van der Waals surface area contributed by atoms with Crippen LogP contribution in [0.5, 0.6) is 11.6 Å². The van der Waals surface area contributed by atoms with E-state index in [2.05, 4.69) is 4.98 Å². The van der Waals surface area contributed by atoms with Crippen molar-refractivity contribution in [1.82, 2.24) is 4.98 Å². The summed E-state index contributed by atoms with van der Waals surface area (Å²) in [7, 11) is 4.03. The van der Waals surface area contributed by atoms with Crippen molar-refractivity contribution in [3.8, 4) is 11.6 Å². The van der Waals surface area contributed by atoms with E-state index >= 15 is 0 Å². The fourth-order valence-corrected chi connectivity index (χ4v) is 2.04. The summed E-state index contributed by atoms with van der Waals surface area (Å²) in [5.74, 6) is -4.55. The summed E-state index contributed by atoms with van der Waals surface area (Å²) >= 11 is 0. The van der Waals surface area contributed by atoms with E-state index in [9.17, 15) is 13.6 Å². The largest absolute Gasteiger partial charge is 0.497 e. The number of nitrogens with zero attached hydrogens (tertiary/aromatic N) is 2. The lowest BCUT2D eigenvalue weighted by atomic mass is 10.1. The minimum Gasteiger partial charge on any atom is -0.497 e. The molecule has 1 heterocycles. The number of hydrogen-bond acceptors (Lipinski definition) is 4. The third-order valence-electron chi connectivity index (χ3n) is 3.33. The van der Waals surface area contributed by atoms with Gasteiger partial charge in [0.15, 0.2) is 0 Å². The van der Waals surface area contributed by atoms with Crippen LogP contribution in [-0.2, 0) is 10.7 Å². The zero-order chi connectivity index (χ0) is 17.0. The number of ether oxygens (including phenoxy) is 2. The zero-order valence-electron chi connectivity index (χ0n) is 12.9. The van der Waals surface area contributed by atoms with Gasteiger partial charge in [-0.3, -0.25) is 4.79 Å². The number of hydrogen-bond donors (Lipinski definition) is 0. The number of likely N-dealkylation sites (N-methyl/N-ethyl adjacent to an activating group) is 1. The Morgan fingerprint density at radius 1 is 1.13 bits per heavy atom. The van der Waals surface area contributed by atoms with Crippen LogP contribution in [0.4, 0.5) is 14.5 Å². The number of halogens is 2. The zero-order valence-corrected chi connectivity index (χ0v) is 12.9. The number of carbonyl (C=O) groups is 1. The predicted octanol–water partition coefficient (Wildman–Crippen LogP) is 2.85. The van der Waals surface area contributed by atoms with Crippen molar-refractivity contribution in [3.05, 3.63) is 48.2 Å². The van der Waals surface area contributed by atoms with E-state index in [0.29, 0.717) is 5.75 Å². The van der Waals surface area contributed by atoms with Crippen molar-refractivity contribution in [1.29, 1.82) is 0 Å². The molecule has 1 amide bonds. The van der Waals surface area contributed by atoms with Gasteiger partial charge in [-0.25, -0.2) is 4.98 Å². The van der Waals surface area contributed by atoms with Crippen LogP contribution in [-0.4, -0.2) is 32.2 Å². The molecule has 0 saturated carbocycles. The maximum atomic E-state index is 14.5. The van der Waals surface area contributed by atoms with E-state index < -0.39 is 17.4 Å². The molecule has 1 aromatic carbocycles. The van der Waals surface area contributed by atoms with Crippen LogP contribution >= 0.6 is 0 Å². The topological polar surface area (TPSA) is 51.7 Å². The molecule has 0 saturated heterocycles. The molecule has 2 rings (SSSR count). The van der Waals surface area contributed by atoms with Gasteiger partial charge in [0.05, 0.1) is 14.2 Å². The number of benzene rings is 1. The van der Waals surface area contributed by atoms with Gasteiger partial charge in [0.1, 0.15) is 11.4 Å². The van der Waals surface area contributed by atoms with Crippen LogP contribution in [0.25, 0.3) is 0 Å². The summed E-state index contributed by atoms with van der Waals surface area (Å²) in [5.41, 5.74) is -0.258. The molecular weight excluding hydrogens is 306 g/mol. The van der Waals surface area contributed by atoms with Gasteiger partial charge in [0.2, 0.25) is 5.88 Å². The van der Waals surface area contributed by atoms with Gasteiger partial charge in [-0.05, 0) is 36.4 Å². The van der Waals surface area contributed by atoms with E-state index in [-0.39, 0.29) is 11.6 Å². The van der Waals surface area contributed by atoms with Gasteiger partial charge in [0, 0.05) is 18.8 Å². The molecule has 0 N–H and O–H groups in total. The highest BCUT2D eigenvalue weighted by Gasteiger charge is 2.44. The number of rotatable bonds is 5. The number of pyridine rings is 1. The van der Waals surface area contributed by atoms with Crippen LogP contribution in [0.1, 0.15) is 5.56 Å². The van der Waals surface area contributed by atoms with Crippen LogP contribution in [0.2, 0.25) is 0 Å². The minimum absolute atomic E-state index is 0.0916. The van der Waals surface area contributed by atoms with Crippen molar-refractivity contribution < 1.29 is 23.0 Å². The van der Waals surface area contributed by atoms with E-state index in [1.54, 1.807) is 0 Å². The smallest absolute Gasteiger partial charge is 0.350 e. The standard InChI is InChI=1S/C16H16F2N2O3/c1-20(13-5-4-10-19-14(13)23-3)15(21)16(17,18)11-6-8-12(22-2)9-7-11/h4-10H,1-3H3. The Balaban J connectivity index is 2.32. The number of anilines is 1. The van der Waals surface area contributed by atoms with Crippen LogP contribution < -0.4 is 14.4 Å². The van der Waals surface area contributed by atoms with Crippen molar-refractivity contribution in [2.75, 3.05) is 26.2 Å². The molecule has 1 aromatic heterocycles. The molecule has 23 heavy (non-hydrogen) atoms. The molecule has 2 aromatic rings. The Bertz CT molecular complexity index is 690. The lowest BCUT2D eigenvalue weighted by Gasteiger charge is -2.24. The first-order valence-electron chi connectivity index (χ1n) is 6.71. The molecule has 122 valence electrons. The molecule has 0 fully saturated rings. The Morgan fingerprint density at radius 3 is 2.35 bits per heavy atom. The van der Waals surface area contributed by atoms with Crippen molar-refractivity contribution in [3.63, 3.8) is 0 Å². The van der Waals surface area contributed by atoms with E-state index in [1.807, 2.05) is 0 Å². The molecule has 5 nitrogen and oxygen atoms in total. The Kier molecular flexibility index (Phi) is 4.78. The number of carbonyl (C=O) groups excluding carboxylic acids is 1. The molecule has 0 bridgehead atoms. The second-order valence-electron chi connectivity index (χ2n) is 4.70. The lowest BCUT2D eigenvalue weighted by Crippen LogP contribution is -2.39. The summed E-state index contributed by atoms with van der Waals surface area (Å²) in [4.78, 5) is 17.0. The Hall–Kier alpha value is -2.70. The monoisotopic (exact) mass is 322 g/mol. The first kappa shape index (κ1) is 16.7. The first-order chi connectivity index (χ1) is 10.9. The Morgan fingerprint density at radius 2 is 1.78 bits per heavy atom. The highest BCUT2D eigenvalue weighted by molar-refractivity contribution is 5.99. The number of methoxy groups -OCH3 is 2. The summed E-state index contributed by atoms with van der Waals surface area (Å²) in [6.45, 7) is 0. The van der Waals surface area contributed by atoms with Crippen molar-refractivity contribution in [2.45, 2.75) is 5.92 Å². The molecule has 0 radical (unpaired) electrons. The molecule has 7 heteroatoms. The minimum atomic E-state index is -3.69. The maximum absolute atomic E-state index is 14.5. The molecule has 0 aliphatic heterocycles. The van der Waals surface area contributed by atoms with Gasteiger partial charge in [-0.2, -0.15) is 8.78 Å². The quantitative estimate of drug-likeness (QED) is 0.849. The van der Waals surface area contributed by atoms with Crippen LogP contribution in [0.15, 0.2) is 42.6 Å². The third kappa shape index (κ3) is 3.23. The Labute approximate surface area is 132 Å². The van der Waals surface area contributed by atoms with Crippen LogP contribution in [0.3, 0.4) is 0 Å². The van der Waals surface area contributed by atoms with Crippen molar-refractivity contribution >= 4 is 11.6 Å². The molecule has 0 unspecified atom stereocenters. The van der Waals surface area contributed by atoms with Gasteiger partial charge in [-0.15, -0.1) is 0 Å². The van der Waals surface area contributed by atoms with E-state index in [1.165, 1.54) is 51.7 Å². The number of aromatic nitrogens is 1. The lowest BCUT2D eigenvalue weighted by molar-refractivity contribution is -0.143. The maximum Gasteiger partial charge on any atom is 0.350 e. The number of alkyl halides is 2. The van der Waals surface area contributed by atoms with Gasteiger partial charge in [0.25, 0.3) is 0 Å². The van der Waals surface area contributed by atoms with E-state index in [4.69, 9.17) is 9.47 Å². The second kappa shape index (κ2) is 6.60. The van der Waals surface area contributed by atoms with Crippen LogP contribution in [0, 0.1) is 0 Å². The van der Waals surface area contributed by atoms with Crippen molar-refractivity contribution in [2.24, 2.45) is 0 Å². The second-order valence-corrected chi connectivity index (χ2v) is 4.70. The summed E-state index contributed by atoms with van der Waals surface area (Å²) in [6.07, 6.45) is 1.45. The molecule has 0 aliphatic carbocycles. The fraction of sp³-hybridized carbons (Fsp3) is 0.250. The highest BCUT2D eigenvalue weighted by atomic mass is 19.3. The number of amides is 1. The summed E-state index contributed by atoms with van der Waals surface area (Å²) in [6, 6.07) is 8.08. The SMILES string of the molecule is COc1ccc(C(F)(F)C(=O)N(C)c2cccnc2OC)cc1. The third-order valence-corrected chi connectivity index (χ3v) is 3.33. The highest BCUT2D eigenvalue weighted by Crippen LogP contribution is 2.34. The fourth-order valence-electron chi connectivity index (χ4n) is 2.04. The van der Waals surface area contributed by atoms with Gasteiger partial charge in [-0.1, -0.05) is 0 Å². The summed E-state index contributed by atoms with van der Waals surface area (Å²) in [5, 5.41) is 0. The summed E-state index contributed by atoms with van der Waals surface area (Å²) < 4.78 is 38.9. The molecule has 0 spiro atoms. The normalized spacial score (nSPS) is 11.0. The van der Waals surface area contributed by atoms with Gasteiger partial charge < -0.3 is 14.4 Å².